The molecule has 162 valence electrons. The molecule has 4 aromatic rings. The van der Waals surface area contributed by atoms with Gasteiger partial charge in [0.25, 0.3) is 0 Å². The lowest BCUT2D eigenvalue weighted by Crippen LogP contribution is -2.12. The van der Waals surface area contributed by atoms with Crippen LogP contribution in [0.4, 0.5) is 5.69 Å². The summed E-state index contributed by atoms with van der Waals surface area (Å²) >= 11 is 0. The van der Waals surface area contributed by atoms with Crippen molar-refractivity contribution in [3.63, 3.8) is 0 Å². The number of nitrogens with one attached hydrogen (secondary N) is 1. The molecule has 0 fully saturated rings. The van der Waals surface area contributed by atoms with E-state index >= 15 is 0 Å². The van der Waals surface area contributed by atoms with Crippen LogP contribution in [-0.4, -0.2) is 25.1 Å². The second kappa shape index (κ2) is 9.83. The highest BCUT2D eigenvalue weighted by Gasteiger charge is 2.17. The maximum Gasteiger partial charge on any atom is 0.224 e. The van der Waals surface area contributed by atoms with Gasteiger partial charge in [0.2, 0.25) is 5.91 Å². The van der Waals surface area contributed by atoms with Crippen LogP contribution in [0.5, 0.6) is 11.5 Å². The third-order valence-electron chi connectivity index (χ3n) is 4.96. The van der Waals surface area contributed by atoms with Crippen molar-refractivity contribution in [1.82, 2.24) is 4.98 Å². The maximum atomic E-state index is 12.6. The first-order valence-corrected chi connectivity index (χ1v) is 10.3. The van der Waals surface area contributed by atoms with E-state index in [9.17, 15) is 4.79 Å². The Labute approximate surface area is 186 Å². The van der Waals surface area contributed by atoms with Crippen LogP contribution in [0, 0.1) is 0 Å². The van der Waals surface area contributed by atoms with Gasteiger partial charge in [0.05, 0.1) is 14.2 Å². The first-order valence-electron chi connectivity index (χ1n) is 10.3. The molecular weight excluding hydrogens is 404 g/mol. The van der Waals surface area contributed by atoms with Crippen molar-refractivity contribution >= 4 is 11.6 Å². The lowest BCUT2D eigenvalue weighted by Gasteiger charge is -2.09. The van der Waals surface area contributed by atoms with Crippen molar-refractivity contribution in [1.29, 1.82) is 0 Å². The smallest absolute Gasteiger partial charge is 0.224 e. The molecule has 6 heteroatoms. The number of benzene rings is 3. The second-order valence-electron chi connectivity index (χ2n) is 7.17. The Morgan fingerprint density at radius 2 is 1.47 bits per heavy atom. The zero-order valence-corrected chi connectivity index (χ0v) is 18.0. The van der Waals surface area contributed by atoms with Crippen LogP contribution < -0.4 is 14.8 Å². The fourth-order valence-corrected chi connectivity index (χ4v) is 3.37. The van der Waals surface area contributed by atoms with Gasteiger partial charge in [-0.1, -0.05) is 60.7 Å². The van der Waals surface area contributed by atoms with Crippen molar-refractivity contribution in [2.75, 3.05) is 19.5 Å². The van der Waals surface area contributed by atoms with E-state index in [1.165, 1.54) is 0 Å². The van der Waals surface area contributed by atoms with Gasteiger partial charge >= 0.3 is 0 Å². The number of aromatic nitrogens is 1. The first kappa shape index (κ1) is 21.2. The minimum atomic E-state index is -0.152. The van der Waals surface area contributed by atoms with E-state index in [0.29, 0.717) is 35.3 Å². The lowest BCUT2D eigenvalue weighted by molar-refractivity contribution is -0.116. The molecule has 0 aliphatic carbocycles. The first-order chi connectivity index (χ1) is 15.7. The topological polar surface area (TPSA) is 73.6 Å². The van der Waals surface area contributed by atoms with Crippen LogP contribution >= 0.6 is 0 Å². The van der Waals surface area contributed by atoms with Crippen molar-refractivity contribution in [3.8, 4) is 34.1 Å². The molecule has 0 radical (unpaired) electrons. The van der Waals surface area contributed by atoms with Gasteiger partial charge in [-0.05, 0) is 0 Å². The zero-order chi connectivity index (χ0) is 22.3. The van der Waals surface area contributed by atoms with Gasteiger partial charge in [-0.3, -0.25) is 4.79 Å². The van der Waals surface area contributed by atoms with Crippen LogP contribution in [0.15, 0.2) is 83.3 Å². The largest absolute Gasteiger partial charge is 0.497 e. The van der Waals surface area contributed by atoms with Gasteiger partial charge < -0.3 is 19.2 Å². The third-order valence-corrected chi connectivity index (χ3v) is 4.96. The normalized spacial score (nSPS) is 10.6. The van der Waals surface area contributed by atoms with Crippen molar-refractivity contribution < 1.29 is 18.7 Å². The Balaban J connectivity index is 1.51. The van der Waals surface area contributed by atoms with Crippen LogP contribution in [0.3, 0.4) is 0 Å². The minimum absolute atomic E-state index is 0.152. The minimum Gasteiger partial charge on any atom is -0.497 e. The summed E-state index contributed by atoms with van der Waals surface area (Å²) in [5.41, 5.74) is 3.28. The number of nitrogens with zero attached hydrogens (tertiary/aromatic N) is 1. The molecule has 0 atom stereocenters. The van der Waals surface area contributed by atoms with Crippen LogP contribution in [-0.2, 0) is 11.2 Å². The van der Waals surface area contributed by atoms with Crippen molar-refractivity contribution in [2.24, 2.45) is 0 Å². The molecule has 6 nitrogen and oxygen atoms in total. The summed E-state index contributed by atoms with van der Waals surface area (Å²) < 4.78 is 16.6. The lowest BCUT2D eigenvalue weighted by atomic mass is 10.1. The van der Waals surface area contributed by atoms with Gasteiger partial charge in [0.15, 0.2) is 11.7 Å². The van der Waals surface area contributed by atoms with Crippen molar-refractivity contribution in [2.45, 2.75) is 12.8 Å². The highest BCUT2D eigenvalue weighted by molar-refractivity contribution is 5.91. The molecule has 3 aromatic carbocycles. The van der Waals surface area contributed by atoms with Gasteiger partial charge in [-0.15, -0.1) is 0 Å². The van der Waals surface area contributed by atoms with Crippen LogP contribution in [0.1, 0.15) is 12.3 Å². The molecule has 1 aromatic heterocycles. The average molecular weight is 428 g/mol. The number of carbonyl (C=O) groups excluding carboxylic acids is 1. The summed E-state index contributed by atoms with van der Waals surface area (Å²) in [5.74, 6) is 2.27. The molecule has 1 heterocycles. The van der Waals surface area contributed by atoms with E-state index in [2.05, 4.69) is 5.32 Å². The van der Waals surface area contributed by atoms with E-state index in [-0.39, 0.29) is 12.3 Å². The number of carbonyl (C=O) groups is 1. The number of rotatable bonds is 8. The van der Waals surface area contributed by atoms with E-state index in [1.54, 1.807) is 32.4 Å². The molecule has 0 bridgehead atoms. The highest BCUT2D eigenvalue weighted by Crippen LogP contribution is 2.33. The molecule has 0 saturated heterocycles. The molecule has 0 aliphatic rings. The standard InChI is InChI=1S/C26H24N2O4/c1-30-21-15-20(16-22(17-21)31-2)27-23(29)13-14-24-28-25(18-9-5-3-6-10-18)26(32-24)19-11-7-4-8-12-19/h3-12,15-17H,13-14H2,1-2H3,(H,27,29). The number of hydrogen-bond acceptors (Lipinski definition) is 5. The number of anilines is 1. The van der Waals surface area contributed by atoms with E-state index in [4.69, 9.17) is 18.9 Å². The van der Waals surface area contributed by atoms with Crippen LogP contribution in [0.25, 0.3) is 22.6 Å². The molecular formula is C26H24N2O4. The van der Waals surface area contributed by atoms with E-state index in [1.807, 2.05) is 60.7 Å². The molecule has 1 N–H and O–H groups in total. The molecule has 0 unspecified atom stereocenters. The van der Waals surface area contributed by atoms with Gasteiger partial charge in [-0.2, -0.15) is 0 Å². The average Bonchev–Trinajstić information content (AvgIpc) is 3.28. The van der Waals surface area contributed by atoms with Crippen LogP contribution in [0.2, 0.25) is 0 Å². The monoisotopic (exact) mass is 428 g/mol. The summed E-state index contributed by atoms with van der Waals surface area (Å²) in [5, 5.41) is 2.88. The Morgan fingerprint density at radius 3 is 2.06 bits per heavy atom. The fraction of sp³-hybridized carbons (Fsp3) is 0.154. The third kappa shape index (κ3) is 4.98. The summed E-state index contributed by atoms with van der Waals surface area (Å²) in [6.45, 7) is 0. The Morgan fingerprint density at radius 1 is 0.875 bits per heavy atom. The van der Waals surface area contributed by atoms with E-state index < -0.39 is 0 Å². The summed E-state index contributed by atoms with van der Waals surface area (Å²) in [4.78, 5) is 17.3. The van der Waals surface area contributed by atoms with E-state index in [0.717, 1.165) is 16.8 Å². The molecule has 4 rings (SSSR count). The maximum absolute atomic E-state index is 12.6. The fourth-order valence-electron chi connectivity index (χ4n) is 3.37. The van der Waals surface area contributed by atoms with Gasteiger partial charge in [0, 0.05) is 47.9 Å². The predicted molar refractivity (Wildman–Crippen MR) is 124 cm³/mol. The van der Waals surface area contributed by atoms with Crippen molar-refractivity contribution in [3.05, 3.63) is 84.8 Å². The molecule has 1 amide bonds. The number of hydrogen-bond donors (Lipinski definition) is 1. The zero-order valence-electron chi connectivity index (χ0n) is 18.0. The second-order valence-corrected chi connectivity index (χ2v) is 7.17. The number of oxazole rings is 1. The number of ether oxygens (including phenoxy) is 2. The Kier molecular flexibility index (Phi) is 6.51. The quantitative estimate of drug-likeness (QED) is 0.396. The highest BCUT2D eigenvalue weighted by atomic mass is 16.5. The summed E-state index contributed by atoms with van der Waals surface area (Å²) in [6.07, 6.45) is 0.599. The van der Waals surface area contributed by atoms with Gasteiger partial charge in [-0.25, -0.2) is 4.98 Å². The summed E-state index contributed by atoms with van der Waals surface area (Å²) in [6, 6.07) is 25.0. The summed E-state index contributed by atoms with van der Waals surface area (Å²) in [7, 11) is 3.13. The number of amides is 1. The SMILES string of the molecule is COc1cc(NC(=O)CCc2nc(-c3ccccc3)c(-c3ccccc3)o2)cc(OC)c1. The molecule has 0 spiro atoms. The number of methoxy groups -OCH3 is 2. The molecule has 0 aliphatic heterocycles. The molecule has 32 heavy (non-hydrogen) atoms. The van der Waals surface area contributed by atoms with Gasteiger partial charge in [0.1, 0.15) is 17.2 Å². The molecule has 0 saturated carbocycles. The Hall–Kier alpha value is -4.06. The predicted octanol–water partition coefficient (Wildman–Crippen LogP) is 5.60. The Bertz CT molecular complexity index is 1110. The number of aryl methyl sites for hydroxylation is 1.